The first-order valence-electron chi connectivity index (χ1n) is 7.19. The molecule has 2 saturated carbocycles. The van der Waals surface area contributed by atoms with Crippen molar-refractivity contribution in [2.45, 2.75) is 57.4 Å². The van der Waals surface area contributed by atoms with Crippen molar-refractivity contribution in [2.75, 3.05) is 0 Å². The SMILES string of the molecule is CC1CCCC(NC(=O)c2n[nH]c(C3CC3)c2Br)C1. The Morgan fingerprint density at radius 2 is 2.16 bits per heavy atom. The van der Waals surface area contributed by atoms with Crippen LogP contribution in [-0.4, -0.2) is 22.1 Å². The number of aromatic nitrogens is 2. The molecule has 0 aromatic carbocycles. The molecule has 104 valence electrons. The van der Waals surface area contributed by atoms with E-state index in [4.69, 9.17) is 0 Å². The highest BCUT2D eigenvalue weighted by Crippen LogP contribution is 2.42. The van der Waals surface area contributed by atoms with E-state index in [-0.39, 0.29) is 5.91 Å². The van der Waals surface area contributed by atoms with E-state index in [1.54, 1.807) is 0 Å². The number of nitrogens with one attached hydrogen (secondary N) is 2. The lowest BCUT2D eigenvalue weighted by Gasteiger charge is -2.27. The van der Waals surface area contributed by atoms with E-state index in [1.165, 1.54) is 25.7 Å². The number of halogens is 1. The largest absolute Gasteiger partial charge is 0.348 e. The Bertz CT molecular complexity index is 481. The van der Waals surface area contributed by atoms with Crippen LogP contribution < -0.4 is 5.32 Å². The van der Waals surface area contributed by atoms with Gasteiger partial charge < -0.3 is 5.32 Å². The Balaban J connectivity index is 1.66. The summed E-state index contributed by atoms with van der Waals surface area (Å²) in [5, 5.41) is 10.3. The number of hydrogen-bond acceptors (Lipinski definition) is 2. The first kappa shape index (κ1) is 13.2. The molecule has 0 aliphatic heterocycles. The molecule has 0 bridgehead atoms. The van der Waals surface area contributed by atoms with Crippen LogP contribution in [-0.2, 0) is 0 Å². The van der Waals surface area contributed by atoms with Crippen molar-refractivity contribution in [1.29, 1.82) is 0 Å². The van der Waals surface area contributed by atoms with Gasteiger partial charge in [-0.15, -0.1) is 0 Å². The van der Waals surface area contributed by atoms with Crippen molar-refractivity contribution < 1.29 is 4.79 Å². The second-order valence-corrected chi connectivity index (χ2v) is 6.81. The van der Waals surface area contributed by atoms with Crippen LogP contribution in [0, 0.1) is 5.92 Å². The molecule has 2 fully saturated rings. The molecule has 0 spiro atoms. The van der Waals surface area contributed by atoms with E-state index in [1.807, 2.05) is 0 Å². The van der Waals surface area contributed by atoms with Crippen molar-refractivity contribution in [2.24, 2.45) is 5.92 Å². The van der Waals surface area contributed by atoms with Gasteiger partial charge in [0.05, 0.1) is 10.2 Å². The van der Waals surface area contributed by atoms with Crippen molar-refractivity contribution in [1.82, 2.24) is 15.5 Å². The number of amides is 1. The Morgan fingerprint density at radius 1 is 1.37 bits per heavy atom. The Hall–Kier alpha value is -0.840. The fraction of sp³-hybridized carbons (Fsp3) is 0.714. The lowest BCUT2D eigenvalue weighted by atomic mass is 9.87. The zero-order chi connectivity index (χ0) is 13.4. The van der Waals surface area contributed by atoms with Crippen LogP contribution in [0.25, 0.3) is 0 Å². The first-order valence-corrected chi connectivity index (χ1v) is 7.99. The summed E-state index contributed by atoms with van der Waals surface area (Å²) in [4.78, 5) is 12.3. The standard InChI is InChI=1S/C14H20BrN3O/c1-8-3-2-4-10(7-8)16-14(19)13-11(15)12(17-18-13)9-5-6-9/h8-10H,2-7H2,1H3,(H,16,19)(H,17,18). The van der Waals surface area contributed by atoms with Crippen LogP contribution in [0.1, 0.15) is 67.5 Å². The highest BCUT2D eigenvalue weighted by atomic mass is 79.9. The average molecular weight is 326 g/mol. The maximum atomic E-state index is 12.3. The Labute approximate surface area is 121 Å². The molecule has 4 nitrogen and oxygen atoms in total. The molecule has 0 radical (unpaired) electrons. The summed E-state index contributed by atoms with van der Waals surface area (Å²) < 4.78 is 0.858. The topological polar surface area (TPSA) is 57.8 Å². The highest BCUT2D eigenvalue weighted by Gasteiger charge is 2.31. The number of hydrogen-bond donors (Lipinski definition) is 2. The normalized spacial score (nSPS) is 27.3. The predicted molar refractivity (Wildman–Crippen MR) is 77.1 cm³/mol. The molecular formula is C14H20BrN3O. The van der Waals surface area contributed by atoms with Gasteiger partial charge in [0.1, 0.15) is 0 Å². The Kier molecular flexibility index (Phi) is 3.65. The number of rotatable bonds is 3. The van der Waals surface area contributed by atoms with Crippen LogP contribution in [0.4, 0.5) is 0 Å². The number of nitrogens with zero attached hydrogens (tertiary/aromatic N) is 1. The summed E-state index contributed by atoms with van der Waals surface area (Å²) in [6, 6.07) is 0.309. The molecule has 1 aromatic heterocycles. The van der Waals surface area contributed by atoms with E-state index in [2.05, 4.69) is 38.4 Å². The van der Waals surface area contributed by atoms with Gasteiger partial charge in [-0.25, -0.2) is 0 Å². The molecule has 1 heterocycles. The van der Waals surface area contributed by atoms with E-state index in [9.17, 15) is 4.79 Å². The molecule has 5 heteroatoms. The van der Waals surface area contributed by atoms with E-state index in [0.717, 1.165) is 23.0 Å². The van der Waals surface area contributed by atoms with Gasteiger partial charge in [-0.3, -0.25) is 9.89 Å². The summed E-state index contributed by atoms with van der Waals surface area (Å²) in [5.74, 6) is 1.23. The molecule has 0 saturated heterocycles. The molecule has 2 aliphatic carbocycles. The van der Waals surface area contributed by atoms with Crippen molar-refractivity contribution >= 4 is 21.8 Å². The fourth-order valence-corrected chi connectivity index (χ4v) is 3.63. The Morgan fingerprint density at radius 3 is 2.84 bits per heavy atom. The fourth-order valence-electron chi connectivity index (χ4n) is 2.95. The van der Waals surface area contributed by atoms with E-state index in [0.29, 0.717) is 23.6 Å². The monoisotopic (exact) mass is 325 g/mol. The quantitative estimate of drug-likeness (QED) is 0.895. The summed E-state index contributed by atoms with van der Waals surface area (Å²) in [6.45, 7) is 2.26. The van der Waals surface area contributed by atoms with Gasteiger partial charge in [0, 0.05) is 12.0 Å². The van der Waals surface area contributed by atoms with Gasteiger partial charge in [0.15, 0.2) is 5.69 Å². The predicted octanol–water partition coefficient (Wildman–Crippen LogP) is 3.36. The van der Waals surface area contributed by atoms with Gasteiger partial charge in [-0.1, -0.05) is 19.8 Å². The molecule has 2 unspecified atom stereocenters. The van der Waals surface area contributed by atoms with Gasteiger partial charge in [0.25, 0.3) is 5.91 Å². The van der Waals surface area contributed by atoms with Crippen LogP contribution in [0.5, 0.6) is 0 Å². The molecule has 2 aliphatic rings. The highest BCUT2D eigenvalue weighted by molar-refractivity contribution is 9.10. The van der Waals surface area contributed by atoms with Crippen LogP contribution >= 0.6 is 15.9 Å². The van der Waals surface area contributed by atoms with Gasteiger partial charge in [-0.05, 0) is 47.5 Å². The number of carbonyl (C=O) groups is 1. The molecule has 2 N–H and O–H groups in total. The number of aromatic amines is 1. The summed E-state index contributed by atoms with van der Waals surface area (Å²) in [7, 11) is 0. The lowest BCUT2D eigenvalue weighted by Crippen LogP contribution is -2.38. The maximum absolute atomic E-state index is 12.3. The minimum atomic E-state index is -0.0471. The molecule has 2 atom stereocenters. The third-order valence-corrected chi connectivity index (χ3v) is 5.01. The van der Waals surface area contributed by atoms with Crippen LogP contribution in [0.2, 0.25) is 0 Å². The van der Waals surface area contributed by atoms with Crippen LogP contribution in [0.3, 0.4) is 0 Å². The minimum absolute atomic E-state index is 0.0471. The minimum Gasteiger partial charge on any atom is -0.348 e. The molecule has 3 rings (SSSR count). The van der Waals surface area contributed by atoms with E-state index < -0.39 is 0 Å². The second-order valence-electron chi connectivity index (χ2n) is 6.02. The average Bonchev–Trinajstić information content (AvgIpc) is 3.13. The lowest BCUT2D eigenvalue weighted by molar-refractivity contribution is 0.0915. The second kappa shape index (κ2) is 5.27. The summed E-state index contributed by atoms with van der Waals surface area (Å²) in [6.07, 6.45) is 7.06. The zero-order valence-electron chi connectivity index (χ0n) is 11.2. The van der Waals surface area contributed by atoms with Crippen molar-refractivity contribution in [3.63, 3.8) is 0 Å². The van der Waals surface area contributed by atoms with Gasteiger partial charge in [-0.2, -0.15) is 5.10 Å². The van der Waals surface area contributed by atoms with Gasteiger partial charge in [0.2, 0.25) is 0 Å². The molecule has 1 amide bonds. The zero-order valence-corrected chi connectivity index (χ0v) is 12.8. The van der Waals surface area contributed by atoms with E-state index >= 15 is 0 Å². The number of carbonyl (C=O) groups excluding carboxylic acids is 1. The molecule has 1 aromatic rings. The third kappa shape index (κ3) is 2.86. The number of H-pyrrole nitrogens is 1. The maximum Gasteiger partial charge on any atom is 0.273 e. The summed E-state index contributed by atoms with van der Waals surface area (Å²) >= 11 is 3.51. The van der Waals surface area contributed by atoms with Gasteiger partial charge >= 0.3 is 0 Å². The van der Waals surface area contributed by atoms with Crippen LogP contribution in [0.15, 0.2) is 4.47 Å². The van der Waals surface area contributed by atoms with Crippen molar-refractivity contribution in [3.05, 3.63) is 15.9 Å². The third-order valence-electron chi connectivity index (χ3n) is 4.20. The smallest absolute Gasteiger partial charge is 0.273 e. The molecular weight excluding hydrogens is 306 g/mol. The molecule has 19 heavy (non-hydrogen) atoms. The van der Waals surface area contributed by atoms with Crippen molar-refractivity contribution in [3.8, 4) is 0 Å². The first-order chi connectivity index (χ1) is 9.15. The summed E-state index contributed by atoms with van der Waals surface area (Å²) in [5.41, 5.74) is 1.60.